The molecule has 0 spiro atoms. The molecule has 1 amide bonds. The van der Waals surface area contributed by atoms with E-state index in [1.54, 1.807) is 6.20 Å². The molecule has 0 aliphatic rings. The molecule has 2 heterocycles. The zero-order chi connectivity index (χ0) is 16.2. The molecule has 3 aromatic rings. The van der Waals surface area contributed by atoms with Crippen LogP contribution in [0.3, 0.4) is 0 Å². The summed E-state index contributed by atoms with van der Waals surface area (Å²) in [7, 11) is 1.90. The second-order valence-corrected chi connectivity index (χ2v) is 7.02. The highest BCUT2D eigenvalue weighted by Crippen LogP contribution is 2.26. The Kier molecular flexibility index (Phi) is 4.73. The van der Waals surface area contributed by atoms with Crippen molar-refractivity contribution in [3.63, 3.8) is 0 Å². The fourth-order valence-electron chi connectivity index (χ4n) is 1.96. The molecule has 0 fully saturated rings. The number of aromatic nitrogens is 4. The van der Waals surface area contributed by atoms with Crippen LogP contribution in [0.2, 0.25) is 0 Å². The maximum atomic E-state index is 12.2. The number of nitrogens with zero attached hydrogens (tertiary/aromatic N) is 4. The lowest BCUT2D eigenvalue weighted by Crippen LogP contribution is -2.22. The highest BCUT2D eigenvalue weighted by molar-refractivity contribution is 8.00. The van der Waals surface area contributed by atoms with E-state index < -0.39 is 0 Å². The summed E-state index contributed by atoms with van der Waals surface area (Å²) >= 11 is 2.76. The van der Waals surface area contributed by atoms with E-state index in [9.17, 15) is 4.79 Å². The quantitative estimate of drug-likeness (QED) is 0.720. The van der Waals surface area contributed by atoms with Crippen molar-refractivity contribution >= 4 is 34.1 Å². The van der Waals surface area contributed by atoms with Gasteiger partial charge in [-0.2, -0.15) is 0 Å². The Hall–Kier alpha value is -2.19. The summed E-state index contributed by atoms with van der Waals surface area (Å²) < 4.78 is 1.90. The van der Waals surface area contributed by atoms with Crippen LogP contribution in [-0.2, 0) is 11.8 Å². The van der Waals surface area contributed by atoms with Gasteiger partial charge >= 0.3 is 0 Å². The van der Waals surface area contributed by atoms with E-state index in [0.717, 1.165) is 11.4 Å². The fraction of sp³-hybridized carbons (Fsp3) is 0.200. The topological polar surface area (TPSA) is 72.7 Å². The highest BCUT2D eigenvalue weighted by Gasteiger charge is 2.19. The molecule has 0 aliphatic heterocycles. The van der Waals surface area contributed by atoms with E-state index in [2.05, 4.69) is 20.5 Å². The predicted octanol–water partition coefficient (Wildman–Crippen LogP) is 3.06. The summed E-state index contributed by atoms with van der Waals surface area (Å²) in [5.74, 6) is 0.676. The Balaban J connectivity index is 1.71. The molecule has 23 heavy (non-hydrogen) atoms. The molecule has 0 radical (unpaired) electrons. The van der Waals surface area contributed by atoms with Crippen LogP contribution in [0.5, 0.6) is 0 Å². The normalized spacial score (nSPS) is 12.1. The number of hydrogen-bond acceptors (Lipinski definition) is 6. The lowest BCUT2D eigenvalue weighted by atomic mass is 10.2. The summed E-state index contributed by atoms with van der Waals surface area (Å²) in [4.78, 5) is 16.2. The van der Waals surface area contributed by atoms with E-state index in [4.69, 9.17) is 0 Å². The van der Waals surface area contributed by atoms with Crippen LogP contribution in [0.1, 0.15) is 6.92 Å². The molecule has 0 bridgehead atoms. The van der Waals surface area contributed by atoms with Gasteiger partial charge in [0.2, 0.25) is 5.91 Å². The lowest BCUT2D eigenvalue weighted by molar-refractivity contribution is -0.115. The number of hydrogen-bond donors (Lipinski definition) is 1. The van der Waals surface area contributed by atoms with Crippen LogP contribution in [-0.4, -0.2) is 30.9 Å². The highest BCUT2D eigenvalue weighted by atomic mass is 32.2. The summed E-state index contributed by atoms with van der Waals surface area (Å²) in [5.41, 5.74) is 0.995. The predicted molar refractivity (Wildman–Crippen MR) is 92.5 cm³/mol. The monoisotopic (exact) mass is 345 g/mol. The first-order chi connectivity index (χ1) is 11.1. The number of rotatable bonds is 5. The third-order valence-electron chi connectivity index (χ3n) is 3.18. The average molecular weight is 345 g/mol. The van der Waals surface area contributed by atoms with Crippen LogP contribution in [0.4, 0.5) is 5.13 Å². The molecule has 1 aromatic carbocycles. The second-order valence-electron chi connectivity index (χ2n) is 4.82. The van der Waals surface area contributed by atoms with Crippen molar-refractivity contribution in [2.24, 2.45) is 7.05 Å². The molecule has 1 atom stereocenters. The van der Waals surface area contributed by atoms with Gasteiger partial charge in [-0.15, -0.1) is 21.5 Å². The molecule has 0 saturated heterocycles. The number of carbonyl (C=O) groups is 1. The molecule has 0 aliphatic carbocycles. The van der Waals surface area contributed by atoms with Gasteiger partial charge in [0.1, 0.15) is 0 Å². The van der Waals surface area contributed by atoms with Gasteiger partial charge in [-0.3, -0.25) is 4.79 Å². The second kappa shape index (κ2) is 6.93. The van der Waals surface area contributed by atoms with Crippen molar-refractivity contribution in [1.29, 1.82) is 0 Å². The van der Waals surface area contributed by atoms with Gasteiger partial charge in [0.25, 0.3) is 0 Å². The molecule has 8 heteroatoms. The largest absolute Gasteiger partial charge is 0.305 e. The van der Waals surface area contributed by atoms with E-state index in [-0.39, 0.29) is 11.2 Å². The minimum atomic E-state index is -0.301. The number of amides is 1. The number of nitrogens with one attached hydrogen (secondary N) is 1. The van der Waals surface area contributed by atoms with Crippen molar-refractivity contribution in [3.8, 4) is 11.4 Å². The molecular weight excluding hydrogens is 330 g/mol. The molecule has 3 rings (SSSR count). The number of carbonyl (C=O) groups excluding carboxylic acids is 1. The van der Waals surface area contributed by atoms with E-state index in [0.29, 0.717) is 10.3 Å². The Morgan fingerprint density at radius 1 is 1.30 bits per heavy atom. The first-order valence-electron chi connectivity index (χ1n) is 6.97. The molecule has 1 N–H and O–H groups in total. The maximum absolute atomic E-state index is 12.2. The van der Waals surface area contributed by atoms with Crippen LogP contribution in [0.25, 0.3) is 11.4 Å². The van der Waals surface area contributed by atoms with Gasteiger partial charge in [0.15, 0.2) is 16.1 Å². The summed E-state index contributed by atoms with van der Waals surface area (Å²) in [6, 6.07) is 9.84. The van der Waals surface area contributed by atoms with Crippen molar-refractivity contribution in [2.75, 3.05) is 5.32 Å². The van der Waals surface area contributed by atoms with Crippen LogP contribution < -0.4 is 5.32 Å². The maximum Gasteiger partial charge on any atom is 0.239 e. The third-order valence-corrected chi connectivity index (χ3v) is 5.00. The molecule has 0 saturated carbocycles. The van der Waals surface area contributed by atoms with Crippen molar-refractivity contribution < 1.29 is 4.79 Å². The Bertz CT molecular complexity index is 786. The standard InChI is InChI=1S/C15H15N5OS2/c1-10(13(21)17-14-16-8-9-22-14)23-15-19-18-12(20(15)2)11-6-4-3-5-7-11/h3-10H,1-2H3,(H,16,17,21)/t10-/m1/s1. The summed E-state index contributed by atoms with van der Waals surface area (Å²) in [5, 5.41) is 14.0. The zero-order valence-corrected chi connectivity index (χ0v) is 14.3. The van der Waals surface area contributed by atoms with E-state index in [1.165, 1.54) is 23.1 Å². The molecule has 6 nitrogen and oxygen atoms in total. The third kappa shape index (κ3) is 3.59. The van der Waals surface area contributed by atoms with Gasteiger partial charge in [0, 0.05) is 24.2 Å². The molecule has 118 valence electrons. The molecular formula is C15H15N5OS2. The Labute approximate surface area is 142 Å². The number of thiazole rings is 1. The smallest absolute Gasteiger partial charge is 0.239 e. The minimum absolute atomic E-state index is 0.103. The van der Waals surface area contributed by atoms with Crippen LogP contribution in [0, 0.1) is 0 Å². The number of benzene rings is 1. The average Bonchev–Trinajstić information content (AvgIpc) is 3.19. The first kappa shape index (κ1) is 15.7. The van der Waals surface area contributed by atoms with Crippen LogP contribution >= 0.6 is 23.1 Å². The van der Waals surface area contributed by atoms with Crippen molar-refractivity contribution in [3.05, 3.63) is 41.9 Å². The van der Waals surface area contributed by atoms with Gasteiger partial charge in [-0.05, 0) is 6.92 Å². The summed E-state index contributed by atoms with van der Waals surface area (Å²) in [6.45, 7) is 1.84. The van der Waals surface area contributed by atoms with Crippen molar-refractivity contribution in [1.82, 2.24) is 19.7 Å². The molecule has 0 unspecified atom stereocenters. The summed E-state index contributed by atoms with van der Waals surface area (Å²) in [6.07, 6.45) is 1.66. The fourth-order valence-corrected chi connectivity index (χ4v) is 3.31. The zero-order valence-electron chi connectivity index (χ0n) is 12.6. The Morgan fingerprint density at radius 3 is 2.78 bits per heavy atom. The SMILES string of the molecule is C[C@@H](Sc1nnc(-c2ccccc2)n1C)C(=O)Nc1nccs1. The minimum Gasteiger partial charge on any atom is -0.305 e. The molecule has 2 aromatic heterocycles. The van der Waals surface area contributed by atoms with Gasteiger partial charge in [0.05, 0.1) is 5.25 Å². The van der Waals surface area contributed by atoms with E-state index >= 15 is 0 Å². The van der Waals surface area contributed by atoms with Gasteiger partial charge < -0.3 is 9.88 Å². The Morgan fingerprint density at radius 2 is 2.09 bits per heavy atom. The van der Waals surface area contributed by atoms with Gasteiger partial charge in [-0.1, -0.05) is 42.1 Å². The first-order valence-corrected chi connectivity index (χ1v) is 8.73. The number of thioether (sulfide) groups is 1. The number of anilines is 1. The lowest BCUT2D eigenvalue weighted by Gasteiger charge is -2.10. The van der Waals surface area contributed by atoms with Crippen LogP contribution in [0.15, 0.2) is 47.1 Å². The van der Waals surface area contributed by atoms with Gasteiger partial charge in [-0.25, -0.2) is 4.98 Å². The van der Waals surface area contributed by atoms with E-state index in [1.807, 2.05) is 54.3 Å². The van der Waals surface area contributed by atoms with Crippen molar-refractivity contribution in [2.45, 2.75) is 17.3 Å².